The molecule has 8 nitrogen and oxygen atoms in total. The van der Waals surface area contributed by atoms with Crippen LogP contribution in [0.25, 0.3) is 11.6 Å². The van der Waals surface area contributed by atoms with Crippen molar-refractivity contribution in [1.29, 1.82) is 0 Å². The highest BCUT2D eigenvalue weighted by Gasteiger charge is 2.31. The number of amides is 1. The summed E-state index contributed by atoms with van der Waals surface area (Å²) in [5.74, 6) is 1.71. The molecule has 26 heavy (non-hydrogen) atoms. The Morgan fingerprint density at radius 1 is 1.31 bits per heavy atom. The number of likely N-dealkylation sites (tertiary alicyclic amines) is 1. The molecule has 1 atom stereocenters. The van der Waals surface area contributed by atoms with Crippen molar-refractivity contribution in [3.05, 3.63) is 33.9 Å². The van der Waals surface area contributed by atoms with Gasteiger partial charge in [0.15, 0.2) is 11.5 Å². The molecule has 0 spiro atoms. The number of carbonyl (C=O) groups is 1. The van der Waals surface area contributed by atoms with E-state index in [0.717, 1.165) is 41.4 Å². The normalized spacial score (nSPS) is 20.0. The van der Waals surface area contributed by atoms with Gasteiger partial charge in [-0.05, 0) is 38.3 Å². The molecule has 1 saturated carbocycles. The largest absolute Gasteiger partial charge is 0.336 e. The summed E-state index contributed by atoms with van der Waals surface area (Å²) in [6.07, 6.45) is 4.94. The molecule has 134 valence electrons. The van der Waals surface area contributed by atoms with Gasteiger partial charge in [0.2, 0.25) is 0 Å². The molecule has 0 radical (unpaired) electrons. The summed E-state index contributed by atoms with van der Waals surface area (Å²) >= 11 is 1.54. The van der Waals surface area contributed by atoms with Gasteiger partial charge in [-0.1, -0.05) is 10.4 Å². The number of carbonyl (C=O) groups excluding carboxylic acids is 1. The zero-order valence-electron chi connectivity index (χ0n) is 14.3. The average molecular weight is 370 g/mol. The highest BCUT2D eigenvalue weighted by Crippen LogP contribution is 2.38. The summed E-state index contributed by atoms with van der Waals surface area (Å²) in [6, 6.07) is 4.00. The van der Waals surface area contributed by atoms with Crippen LogP contribution in [-0.4, -0.2) is 49.0 Å². The third kappa shape index (κ3) is 2.82. The van der Waals surface area contributed by atoms with Crippen molar-refractivity contribution >= 4 is 17.2 Å². The maximum Gasteiger partial charge on any atom is 0.280 e. The molecule has 3 aromatic rings. The van der Waals surface area contributed by atoms with Crippen LogP contribution in [0.1, 0.15) is 51.6 Å². The van der Waals surface area contributed by atoms with Crippen LogP contribution in [0.4, 0.5) is 0 Å². The second-order valence-electron chi connectivity index (χ2n) is 6.92. The fourth-order valence-corrected chi connectivity index (χ4v) is 4.08. The first-order chi connectivity index (χ1) is 12.7. The minimum Gasteiger partial charge on any atom is -0.336 e. The Kier molecular flexibility index (Phi) is 3.63. The van der Waals surface area contributed by atoms with Gasteiger partial charge in [0.05, 0.1) is 17.1 Å². The van der Waals surface area contributed by atoms with Gasteiger partial charge in [-0.25, -0.2) is 4.68 Å². The zero-order valence-corrected chi connectivity index (χ0v) is 15.1. The molecular weight excluding hydrogens is 352 g/mol. The summed E-state index contributed by atoms with van der Waals surface area (Å²) in [6.45, 7) is 3.37. The van der Waals surface area contributed by atoms with Crippen molar-refractivity contribution < 1.29 is 9.32 Å². The molecule has 2 aliphatic rings. The van der Waals surface area contributed by atoms with Crippen molar-refractivity contribution in [3.63, 3.8) is 0 Å². The van der Waals surface area contributed by atoms with Crippen LogP contribution in [0.15, 0.2) is 22.9 Å². The maximum atomic E-state index is 12.6. The molecule has 3 aromatic heterocycles. The average Bonchev–Trinajstić information content (AvgIpc) is 3.14. The van der Waals surface area contributed by atoms with Crippen LogP contribution in [0.3, 0.4) is 0 Å². The third-order valence-electron chi connectivity index (χ3n) is 4.89. The van der Waals surface area contributed by atoms with E-state index < -0.39 is 0 Å². The van der Waals surface area contributed by atoms with Crippen LogP contribution >= 0.6 is 11.3 Å². The van der Waals surface area contributed by atoms with E-state index in [4.69, 9.17) is 4.52 Å². The number of thiophene rings is 1. The molecule has 0 bridgehead atoms. The lowest BCUT2D eigenvalue weighted by Gasteiger charge is -2.15. The second kappa shape index (κ2) is 6.01. The van der Waals surface area contributed by atoms with E-state index in [1.54, 1.807) is 0 Å². The zero-order chi connectivity index (χ0) is 17.7. The van der Waals surface area contributed by atoms with Gasteiger partial charge in [-0.2, -0.15) is 4.98 Å². The van der Waals surface area contributed by atoms with Crippen molar-refractivity contribution in [3.8, 4) is 11.6 Å². The summed E-state index contributed by atoms with van der Waals surface area (Å²) in [5, 5.41) is 12.4. The highest BCUT2D eigenvalue weighted by molar-refractivity contribution is 7.13. The Morgan fingerprint density at radius 2 is 2.19 bits per heavy atom. The number of rotatable bonds is 4. The first-order valence-corrected chi connectivity index (χ1v) is 9.60. The van der Waals surface area contributed by atoms with Gasteiger partial charge in [-0.15, -0.1) is 16.4 Å². The second-order valence-corrected chi connectivity index (χ2v) is 8.21. The number of nitrogens with zero attached hydrogens (tertiary/aromatic N) is 6. The van der Waals surface area contributed by atoms with E-state index in [2.05, 4.69) is 20.5 Å². The summed E-state index contributed by atoms with van der Waals surface area (Å²) in [5.41, 5.74) is 0.586. The first kappa shape index (κ1) is 15.7. The highest BCUT2D eigenvalue weighted by atomic mass is 32.1. The van der Waals surface area contributed by atoms with Crippen molar-refractivity contribution in [2.75, 3.05) is 13.1 Å². The van der Waals surface area contributed by atoms with Crippen molar-refractivity contribution in [1.82, 2.24) is 30.0 Å². The van der Waals surface area contributed by atoms with E-state index in [1.165, 1.54) is 11.3 Å². The monoisotopic (exact) mass is 370 g/mol. The van der Waals surface area contributed by atoms with E-state index in [9.17, 15) is 4.79 Å². The summed E-state index contributed by atoms with van der Waals surface area (Å²) in [4.78, 5) is 20.8. The third-order valence-corrected chi connectivity index (χ3v) is 5.88. The molecule has 1 aliphatic heterocycles. The number of aromatic nitrogens is 5. The lowest BCUT2D eigenvalue weighted by atomic mass is 10.3. The predicted octanol–water partition coefficient (Wildman–Crippen LogP) is 2.66. The molecule has 0 unspecified atom stereocenters. The lowest BCUT2D eigenvalue weighted by molar-refractivity contribution is 0.0791. The van der Waals surface area contributed by atoms with Gasteiger partial charge < -0.3 is 9.42 Å². The molecule has 0 N–H and O–H groups in total. The molecule has 1 amide bonds. The molecular formula is C17H18N6O2S. The number of aryl methyl sites for hydroxylation is 1. The van der Waals surface area contributed by atoms with Crippen LogP contribution in [0.2, 0.25) is 0 Å². The number of hydrogen-bond donors (Lipinski definition) is 0. The Balaban J connectivity index is 1.29. The first-order valence-electron chi connectivity index (χ1n) is 8.79. The molecule has 1 aliphatic carbocycles. The van der Waals surface area contributed by atoms with E-state index in [0.29, 0.717) is 24.0 Å². The number of hydrogen-bond acceptors (Lipinski definition) is 7. The topological polar surface area (TPSA) is 89.9 Å². The van der Waals surface area contributed by atoms with Gasteiger partial charge in [-0.3, -0.25) is 4.79 Å². The Morgan fingerprint density at radius 3 is 2.96 bits per heavy atom. The fourth-order valence-electron chi connectivity index (χ4n) is 3.25. The smallest absolute Gasteiger partial charge is 0.280 e. The van der Waals surface area contributed by atoms with Gasteiger partial charge in [0.1, 0.15) is 0 Å². The van der Waals surface area contributed by atoms with Crippen LogP contribution in [-0.2, 0) is 0 Å². The van der Waals surface area contributed by atoms with Crippen LogP contribution in [0, 0.1) is 6.92 Å². The fraction of sp³-hybridized carbons (Fsp3) is 0.471. The molecule has 9 heteroatoms. The van der Waals surface area contributed by atoms with Crippen molar-refractivity contribution in [2.24, 2.45) is 0 Å². The Labute approximate surface area is 153 Å². The van der Waals surface area contributed by atoms with Crippen LogP contribution < -0.4 is 0 Å². The quantitative estimate of drug-likeness (QED) is 0.701. The standard InChI is InChI=1S/C17H18N6O2S/c1-10-2-5-14(26-10)17(24)22-7-6-12(8-22)23-9-13(19-21-23)16-18-15(20-25-16)11-3-4-11/h2,5,9,11-12H,3-4,6-8H2,1H3/t12-/m0/s1. The predicted molar refractivity (Wildman–Crippen MR) is 93.9 cm³/mol. The summed E-state index contributed by atoms with van der Waals surface area (Å²) < 4.78 is 7.12. The van der Waals surface area contributed by atoms with Crippen molar-refractivity contribution in [2.45, 2.75) is 38.1 Å². The van der Waals surface area contributed by atoms with Crippen LogP contribution in [0.5, 0.6) is 0 Å². The van der Waals surface area contributed by atoms with Gasteiger partial charge in [0.25, 0.3) is 11.8 Å². The van der Waals surface area contributed by atoms with Gasteiger partial charge >= 0.3 is 0 Å². The van der Waals surface area contributed by atoms with E-state index in [1.807, 2.05) is 34.8 Å². The summed E-state index contributed by atoms with van der Waals surface area (Å²) in [7, 11) is 0. The lowest BCUT2D eigenvalue weighted by Crippen LogP contribution is -2.28. The minimum absolute atomic E-state index is 0.0944. The Bertz CT molecular complexity index is 956. The molecule has 2 fully saturated rings. The molecule has 0 aromatic carbocycles. The SMILES string of the molecule is Cc1ccc(C(=O)N2CC[C@H](n3cc(-c4nc(C5CC5)no4)nn3)C2)s1. The van der Waals surface area contributed by atoms with E-state index in [-0.39, 0.29) is 11.9 Å². The molecule has 5 rings (SSSR count). The van der Waals surface area contributed by atoms with Gasteiger partial charge in [0, 0.05) is 23.9 Å². The minimum atomic E-state index is 0.0944. The molecule has 4 heterocycles. The Hall–Kier alpha value is -2.55. The molecule has 1 saturated heterocycles. The van der Waals surface area contributed by atoms with E-state index >= 15 is 0 Å². The maximum absolute atomic E-state index is 12.6.